The first-order valence-corrected chi connectivity index (χ1v) is 8.23. The number of nitrogens with one attached hydrogen (secondary N) is 1. The highest BCUT2D eigenvalue weighted by Gasteiger charge is 2.05. The van der Waals surface area contributed by atoms with Crippen LogP contribution in [0.2, 0.25) is 0 Å². The fourth-order valence-electron chi connectivity index (χ4n) is 2.08. The van der Waals surface area contributed by atoms with Crippen LogP contribution in [0.5, 0.6) is 11.5 Å². The van der Waals surface area contributed by atoms with Gasteiger partial charge >= 0.3 is 0 Å². The predicted octanol–water partition coefficient (Wildman–Crippen LogP) is 4.37. The number of hydrogen-bond donors (Lipinski definition) is 1. The van der Waals surface area contributed by atoms with Gasteiger partial charge in [-0.05, 0) is 38.1 Å². The van der Waals surface area contributed by atoms with Crippen LogP contribution in [0.4, 0.5) is 0 Å². The molecule has 5 heteroatoms. The highest BCUT2D eigenvalue weighted by molar-refractivity contribution is 9.10. The van der Waals surface area contributed by atoms with E-state index in [1.807, 2.05) is 56.3 Å². The number of para-hydroxylation sites is 1. The second kappa shape index (κ2) is 8.58. The maximum absolute atomic E-state index is 5.79. The van der Waals surface area contributed by atoms with Crippen LogP contribution >= 0.6 is 15.9 Å². The van der Waals surface area contributed by atoms with Crippen molar-refractivity contribution in [2.75, 3.05) is 7.11 Å². The Morgan fingerprint density at radius 1 is 1.17 bits per heavy atom. The summed E-state index contributed by atoms with van der Waals surface area (Å²) in [6, 6.07) is 13.7. The van der Waals surface area contributed by atoms with Crippen LogP contribution in [0.15, 0.2) is 52.0 Å². The van der Waals surface area contributed by atoms with E-state index in [0.29, 0.717) is 6.54 Å². The van der Waals surface area contributed by atoms with Crippen LogP contribution in [0.3, 0.4) is 0 Å². The largest absolute Gasteiger partial charge is 0.496 e. The third kappa shape index (κ3) is 5.28. The Balaban J connectivity index is 2.04. The molecule has 0 aromatic heterocycles. The zero-order chi connectivity index (χ0) is 16.7. The van der Waals surface area contributed by atoms with Gasteiger partial charge in [-0.1, -0.05) is 34.1 Å². The van der Waals surface area contributed by atoms with Crippen LogP contribution in [-0.4, -0.2) is 19.4 Å². The summed E-state index contributed by atoms with van der Waals surface area (Å²) in [5, 5.41) is 4.29. The molecular weight excluding hydrogens is 356 g/mol. The van der Waals surface area contributed by atoms with E-state index in [-0.39, 0.29) is 6.10 Å². The lowest BCUT2D eigenvalue weighted by atomic mass is 10.2. The maximum Gasteiger partial charge on any atom is 0.128 e. The standard InChI is InChI=1S/C18H21BrN2O2/c1-13(2)23-18-9-8-16(19)10-15(18)12-21-20-11-14-6-4-5-7-17(14)22-3/h4-10,12-13,20H,11H2,1-3H3/b21-12-. The van der Waals surface area contributed by atoms with Crippen molar-refractivity contribution in [3.8, 4) is 11.5 Å². The van der Waals surface area contributed by atoms with Crippen LogP contribution in [0, 0.1) is 0 Å². The molecule has 2 rings (SSSR count). The monoisotopic (exact) mass is 376 g/mol. The van der Waals surface area contributed by atoms with E-state index in [0.717, 1.165) is 27.1 Å². The smallest absolute Gasteiger partial charge is 0.128 e. The summed E-state index contributed by atoms with van der Waals surface area (Å²) in [5.41, 5.74) is 5.02. The van der Waals surface area contributed by atoms with E-state index in [2.05, 4.69) is 26.5 Å². The highest BCUT2D eigenvalue weighted by atomic mass is 79.9. The van der Waals surface area contributed by atoms with Crippen molar-refractivity contribution < 1.29 is 9.47 Å². The quantitative estimate of drug-likeness (QED) is 0.576. The molecule has 23 heavy (non-hydrogen) atoms. The molecule has 0 fully saturated rings. The van der Waals surface area contributed by atoms with Gasteiger partial charge in [0.05, 0.1) is 26.0 Å². The van der Waals surface area contributed by atoms with Gasteiger partial charge in [0, 0.05) is 15.6 Å². The molecule has 0 saturated heterocycles. The Bertz CT molecular complexity index is 672. The van der Waals surface area contributed by atoms with Gasteiger partial charge in [0.2, 0.25) is 0 Å². The Morgan fingerprint density at radius 3 is 2.70 bits per heavy atom. The summed E-state index contributed by atoms with van der Waals surface area (Å²) in [4.78, 5) is 0. The van der Waals surface area contributed by atoms with E-state index in [1.54, 1.807) is 13.3 Å². The van der Waals surface area contributed by atoms with E-state index in [9.17, 15) is 0 Å². The van der Waals surface area contributed by atoms with Gasteiger partial charge in [-0.2, -0.15) is 5.10 Å². The fraction of sp³-hybridized carbons (Fsp3) is 0.278. The van der Waals surface area contributed by atoms with Crippen molar-refractivity contribution in [1.82, 2.24) is 5.43 Å². The molecule has 0 radical (unpaired) electrons. The summed E-state index contributed by atoms with van der Waals surface area (Å²) in [7, 11) is 1.67. The third-order valence-electron chi connectivity index (χ3n) is 3.09. The van der Waals surface area contributed by atoms with Gasteiger partial charge in [0.25, 0.3) is 0 Å². The number of halogens is 1. The second-order valence-electron chi connectivity index (χ2n) is 5.25. The van der Waals surface area contributed by atoms with Crippen molar-refractivity contribution in [2.45, 2.75) is 26.5 Å². The molecule has 0 saturated carbocycles. The highest BCUT2D eigenvalue weighted by Crippen LogP contribution is 2.23. The first-order chi connectivity index (χ1) is 11.1. The predicted molar refractivity (Wildman–Crippen MR) is 97.3 cm³/mol. The lowest BCUT2D eigenvalue weighted by molar-refractivity contribution is 0.242. The van der Waals surface area contributed by atoms with Gasteiger partial charge in [0.15, 0.2) is 0 Å². The first kappa shape index (κ1) is 17.3. The molecule has 2 aromatic carbocycles. The van der Waals surface area contributed by atoms with E-state index < -0.39 is 0 Å². The second-order valence-corrected chi connectivity index (χ2v) is 6.17. The van der Waals surface area contributed by atoms with Crippen LogP contribution in [0.1, 0.15) is 25.0 Å². The number of hydrazone groups is 1. The van der Waals surface area contributed by atoms with Gasteiger partial charge in [0.1, 0.15) is 11.5 Å². The average Bonchev–Trinajstić information content (AvgIpc) is 2.54. The zero-order valence-corrected chi connectivity index (χ0v) is 15.1. The Hall–Kier alpha value is -2.01. The van der Waals surface area contributed by atoms with Crippen LogP contribution in [-0.2, 0) is 6.54 Å². The number of methoxy groups -OCH3 is 1. The van der Waals surface area contributed by atoms with Crippen LogP contribution in [0.25, 0.3) is 0 Å². The first-order valence-electron chi connectivity index (χ1n) is 7.44. The van der Waals surface area contributed by atoms with Gasteiger partial charge in [-0.25, -0.2) is 0 Å². The lowest BCUT2D eigenvalue weighted by Gasteiger charge is -2.12. The minimum atomic E-state index is 0.116. The zero-order valence-electron chi connectivity index (χ0n) is 13.5. The fourth-order valence-corrected chi connectivity index (χ4v) is 2.46. The summed E-state index contributed by atoms with van der Waals surface area (Å²) < 4.78 is 12.1. The number of rotatable bonds is 7. The van der Waals surface area contributed by atoms with Crippen molar-refractivity contribution in [3.63, 3.8) is 0 Å². The molecular formula is C18H21BrN2O2. The van der Waals surface area contributed by atoms with Gasteiger partial charge < -0.3 is 14.9 Å². The SMILES string of the molecule is COc1ccccc1CN/N=C\c1cc(Br)ccc1OC(C)C. The molecule has 0 aliphatic rings. The summed E-state index contributed by atoms with van der Waals surface area (Å²) in [6.07, 6.45) is 1.88. The van der Waals surface area contributed by atoms with Crippen molar-refractivity contribution in [1.29, 1.82) is 0 Å². The summed E-state index contributed by atoms with van der Waals surface area (Å²) >= 11 is 3.47. The van der Waals surface area contributed by atoms with Gasteiger partial charge in [-0.15, -0.1) is 0 Å². The molecule has 0 heterocycles. The third-order valence-corrected chi connectivity index (χ3v) is 3.58. The molecule has 2 aromatic rings. The van der Waals surface area contributed by atoms with Gasteiger partial charge in [-0.3, -0.25) is 0 Å². The number of benzene rings is 2. The minimum absolute atomic E-state index is 0.116. The molecule has 0 aliphatic heterocycles. The molecule has 0 atom stereocenters. The summed E-state index contributed by atoms with van der Waals surface area (Å²) in [5.74, 6) is 1.66. The molecule has 1 N–H and O–H groups in total. The maximum atomic E-state index is 5.79. The molecule has 0 unspecified atom stereocenters. The molecule has 0 bridgehead atoms. The number of nitrogens with zero attached hydrogens (tertiary/aromatic N) is 1. The number of hydrogen-bond acceptors (Lipinski definition) is 4. The normalized spacial score (nSPS) is 11.0. The Morgan fingerprint density at radius 2 is 1.96 bits per heavy atom. The van der Waals surface area contributed by atoms with Crippen molar-refractivity contribution in [2.24, 2.45) is 5.10 Å². The Labute approximate surface area is 145 Å². The van der Waals surface area contributed by atoms with Crippen molar-refractivity contribution in [3.05, 3.63) is 58.1 Å². The van der Waals surface area contributed by atoms with Crippen molar-refractivity contribution >= 4 is 22.1 Å². The van der Waals surface area contributed by atoms with E-state index >= 15 is 0 Å². The molecule has 122 valence electrons. The lowest BCUT2D eigenvalue weighted by Crippen LogP contribution is -2.09. The topological polar surface area (TPSA) is 42.8 Å². The van der Waals surface area contributed by atoms with E-state index in [1.165, 1.54) is 0 Å². The Kier molecular flexibility index (Phi) is 6.47. The summed E-state index contributed by atoms with van der Waals surface area (Å²) in [6.45, 7) is 4.60. The molecule has 0 aliphatic carbocycles. The minimum Gasteiger partial charge on any atom is -0.496 e. The molecule has 0 spiro atoms. The molecule has 4 nitrogen and oxygen atoms in total. The molecule has 0 amide bonds. The van der Waals surface area contributed by atoms with E-state index in [4.69, 9.17) is 9.47 Å². The number of ether oxygens (including phenoxy) is 2. The van der Waals surface area contributed by atoms with Crippen LogP contribution < -0.4 is 14.9 Å². The average molecular weight is 377 g/mol.